The molecular weight excluding hydrogens is 808 g/mol. The van der Waals surface area contributed by atoms with Gasteiger partial charge >= 0.3 is 76.2 Å². The Kier molecular flexibility index (Phi) is 16.9. The van der Waals surface area contributed by atoms with Crippen molar-refractivity contribution in [3.63, 3.8) is 0 Å². The number of allylic oxidation sites excluding steroid dienone is 4. The largest absolute Gasteiger partial charge is 2.00 e. The van der Waals surface area contributed by atoms with Crippen molar-refractivity contribution in [2.45, 2.75) is 4.90 Å². The van der Waals surface area contributed by atoms with Gasteiger partial charge in [0.25, 0.3) is 20.2 Å². The Bertz CT molecular complexity index is 2110. The van der Waals surface area contributed by atoms with Crippen LogP contribution in [-0.2, 0) is 37.3 Å². The summed E-state index contributed by atoms with van der Waals surface area (Å²) in [6, 6.07) is 9.52. The Morgan fingerprint density at radius 3 is 2.17 bits per heavy atom. The Balaban J connectivity index is 0.00000384. The van der Waals surface area contributed by atoms with Crippen LogP contribution in [0.3, 0.4) is 0 Å². The molecule has 48 heavy (non-hydrogen) atoms. The van der Waals surface area contributed by atoms with Crippen LogP contribution in [0, 0.1) is 0 Å². The fourth-order valence-corrected chi connectivity index (χ4v) is 5.01. The topological polar surface area (TPSA) is 253 Å². The summed E-state index contributed by atoms with van der Waals surface area (Å²) in [5, 5.41) is 46.0. The fraction of sp³-hybridized carbons (Fsp3) is 0. The van der Waals surface area contributed by atoms with E-state index in [-0.39, 0.29) is 109 Å². The van der Waals surface area contributed by atoms with Crippen molar-refractivity contribution in [3.8, 4) is 5.75 Å². The molecular formula is C25H14Cl3CuN6Na2O9S2+. The predicted octanol–water partition coefficient (Wildman–Crippen LogP) is -3.67. The number of halogens is 3. The first-order valence-corrected chi connectivity index (χ1v) is 15.7. The third-order valence-electron chi connectivity index (χ3n) is 5.52. The molecule has 0 unspecified atom stereocenters. The van der Waals surface area contributed by atoms with Crippen molar-refractivity contribution in [1.82, 2.24) is 9.97 Å². The van der Waals surface area contributed by atoms with Gasteiger partial charge in [0.05, 0.1) is 27.4 Å². The van der Waals surface area contributed by atoms with Crippen LogP contribution >= 0.6 is 34.8 Å². The first kappa shape index (κ1) is 44.2. The summed E-state index contributed by atoms with van der Waals surface area (Å²) in [7, 11) is -9.64. The van der Waals surface area contributed by atoms with E-state index in [0.717, 1.165) is 30.5 Å². The molecule has 0 atom stereocenters. The molecule has 0 aliphatic heterocycles. The minimum atomic E-state index is -4.89. The van der Waals surface area contributed by atoms with Gasteiger partial charge in [-0.1, -0.05) is 59.3 Å². The van der Waals surface area contributed by atoms with E-state index < -0.39 is 58.7 Å². The number of aromatic nitrogens is 2. The number of benzene rings is 2. The molecule has 23 heteroatoms. The molecule has 3 aromatic rings. The van der Waals surface area contributed by atoms with Gasteiger partial charge in [0, 0.05) is 11.3 Å². The van der Waals surface area contributed by atoms with E-state index in [0.29, 0.717) is 11.6 Å². The summed E-state index contributed by atoms with van der Waals surface area (Å²) in [4.78, 5) is 9.99. The van der Waals surface area contributed by atoms with Crippen LogP contribution in [0.4, 0.5) is 17.2 Å². The third-order valence-corrected chi connectivity index (χ3v) is 8.10. The van der Waals surface area contributed by atoms with E-state index in [2.05, 4.69) is 30.5 Å². The van der Waals surface area contributed by atoms with Gasteiger partial charge < -0.3 is 20.6 Å². The van der Waals surface area contributed by atoms with Gasteiger partial charge in [0.2, 0.25) is 5.28 Å². The average Bonchev–Trinajstić information content (AvgIpc) is 2.96. The first-order valence-electron chi connectivity index (χ1n) is 11.7. The summed E-state index contributed by atoms with van der Waals surface area (Å²) in [5.74, 6) is -3.01. The number of anilines is 2. The third kappa shape index (κ3) is 11.3. The zero-order valence-corrected chi connectivity index (χ0v) is 32.9. The smallest absolute Gasteiger partial charge is 0.883 e. The molecule has 1 aliphatic rings. The Hall–Kier alpha value is -1.84. The molecule has 1 radical (unpaired) electrons. The molecule has 3 N–H and O–H groups in total. The van der Waals surface area contributed by atoms with Crippen LogP contribution in [0.15, 0.2) is 97.2 Å². The molecule has 1 aliphatic carbocycles. The van der Waals surface area contributed by atoms with Crippen LogP contribution in [0.5, 0.6) is 5.75 Å². The maximum absolute atomic E-state index is 13.3. The SMILES string of the molecule is O=S(=O)(O)C1=CC(=C([O-])[O-])C(=NN=C(C=Nc2cc(S(=O)(=O)O)cc(Nc3nc(Cl)nc(Cl)c3Cl)c2[O-])c2ccccc2)C=C1.[Cu+2].[Na+].[Na+]. The van der Waals surface area contributed by atoms with E-state index in [1.165, 1.54) is 0 Å². The molecule has 0 fully saturated rings. The second-order valence-corrected chi connectivity index (χ2v) is 12.4. The van der Waals surface area contributed by atoms with E-state index in [4.69, 9.17) is 34.8 Å². The maximum Gasteiger partial charge on any atom is 2.00 e. The Morgan fingerprint density at radius 2 is 1.58 bits per heavy atom. The monoisotopic (exact) mass is 820 g/mol. The van der Waals surface area contributed by atoms with Gasteiger partial charge in [0.15, 0.2) is 11.0 Å². The maximum atomic E-state index is 13.3. The molecule has 0 bridgehead atoms. The zero-order chi connectivity index (χ0) is 33.1. The molecule has 2 aromatic carbocycles. The zero-order valence-electron chi connectivity index (χ0n) is 24.1. The number of hydrogen-bond acceptors (Lipinski definition) is 13. The molecule has 0 saturated carbocycles. The molecule has 0 spiro atoms. The van der Waals surface area contributed by atoms with E-state index >= 15 is 0 Å². The molecule has 1 aromatic heterocycles. The molecule has 0 saturated heterocycles. The van der Waals surface area contributed by atoms with Crippen molar-refractivity contribution < 1.29 is 117 Å². The molecule has 1 heterocycles. The summed E-state index contributed by atoms with van der Waals surface area (Å²) >= 11 is 17.8. The summed E-state index contributed by atoms with van der Waals surface area (Å²) in [5.41, 5.74) is -1.85. The van der Waals surface area contributed by atoms with Crippen LogP contribution in [-0.4, -0.2) is 53.5 Å². The quantitative estimate of drug-likeness (QED) is 0.0378. The van der Waals surface area contributed by atoms with Crippen molar-refractivity contribution in [1.29, 1.82) is 0 Å². The van der Waals surface area contributed by atoms with Gasteiger partial charge in [-0.3, -0.25) is 14.1 Å². The van der Waals surface area contributed by atoms with Crippen molar-refractivity contribution in [3.05, 3.63) is 98.1 Å². The molecule has 243 valence electrons. The van der Waals surface area contributed by atoms with Gasteiger partial charge in [0.1, 0.15) is 10.7 Å². The number of nitrogens with one attached hydrogen (secondary N) is 1. The molecule has 15 nitrogen and oxygen atoms in total. The van der Waals surface area contributed by atoms with Gasteiger partial charge in [-0.25, -0.2) is 4.98 Å². The minimum Gasteiger partial charge on any atom is -0.883 e. The average molecular weight is 822 g/mol. The van der Waals surface area contributed by atoms with E-state index in [1.807, 2.05) is 0 Å². The second-order valence-electron chi connectivity index (χ2n) is 8.52. The Labute approximate surface area is 342 Å². The van der Waals surface area contributed by atoms with Crippen LogP contribution in [0.2, 0.25) is 15.5 Å². The normalized spacial score (nSPS) is 14.1. The number of nitrogens with zero attached hydrogens (tertiary/aromatic N) is 5. The van der Waals surface area contributed by atoms with E-state index in [1.54, 1.807) is 30.3 Å². The van der Waals surface area contributed by atoms with Crippen LogP contribution in [0.25, 0.3) is 0 Å². The number of rotatable bonds is 8. The van der Waals surface area contributed by atoms with Gasteiger partial charge in [-0.2, -0.15) is 27.8 Å². The van der Waals surface area contributed by atoms with Crippen molar-refractivity contribution in [2.24, 2.45) is 15.2 Å². The first-order chi connectivity index (χ1) is 21.0. The molecule has 4 rings (SSSR count). The Morgan fingerprint density at radius 1 is 0.938 bits per heavy atom. The minimum absolute atomic E-state index is 0. The van der Waals surface area contributed by atoms with Crippen LogP contribution < -0.4 is 79.8 Å². The summed E-state index contributed by atoms with van der Waals surface area (Å²) < 4.78 is 65.8. The number of hydrogen-bond donors (Lipinski definition) is 3. The van der Waals surface area contributed by atoms with Gasteiger partial charge in [-0.15, -0.1) is 10.2 Å². The molecule has 0 amide bonds. The van der Waals surface area contributed by atoms with Crippen molar-refractivity contribution >= 4 is 89.9 Å². The second kappa shape index (κ2) is 18.4. The van der Waals surface area contributed by atoms with E-state index in [9.17, 15) is 41.3 Å². The number of aliphatic imine (C=N–C) groups is 1. The standard InChI is InChI=1S/C25H17Cl3N6O9S2.Cu.2Na/c26-20-22(27)31-25(28)32-23(20)30-18-10-14(45(41,42)43)9-17(21(18)35)29-11-19(12-4-2-1-3-5-12)34-33-16-7-6-13(44(38,39)40)8-15(16)24(36)37;;;/h1-11,35-37H,(H,30,31,32)(H,38,39,40)(H,41,42,43);;;/q;+2;2*+1/p-3. The predicted molar refractivity (Wildman–Crippen MR) is 160 cm³/mol. The fourth-order valence-electron chi connectivity index (χ4n) is 3.46. The van der Waals surface area contributed by atoms with Gasteiger partial charge in [-0.05, 0) is 47.5 Å². The van der Waals surface area contributed by atoms with Crippen molar-refractivity contribution in [2.75, 3.05) is 5.32 Å². The van der Waals surface area contributed by atoms with Crippen LogP contribution in [0.1, 0.15) is 5.56 Å². The summed E-state index contributed by atoms with van der Waals surface area (Å²) in [6.45, 7) is 0. The summed E-state index contributed by atoms with van der Waals surface area (Å²) in [6.07, 6.45) is 3.45.